The first-order chi connectivity index (χ1) is 9.22. The third-order valence-corrected chi connectivity index (χ3v) is 4.15. The molecule has 3 heterocycles. The fourth-order valence-corrected chi connectivity index (χ4v) is 2.98. The molecule has 5 nitrogen and oxygen atoms in total. The predicted octanol–water partition coefficient (Wildman–Crippen LogP) is 1.99. The standard InChI is InChI=1S/C14H20N2O3/c1-2-13(17)11-8-15-16(9-11)12-3-5-19-14(7-12)4-6-18-10-14/h8-9,12H,2-7,10H2,1H3. The number of ether oxygens (including phenoxy) is 2. The summed E-state index contributed by atoms with van der Waals surface area (Å²) in [5.41, 5.74) is 0.592. The summed E-state index contributed by atoms with van der Waals surface area (Å²) in [5.74, 6) is 0.150. The van der Waals surface area contributed by atoms with E-state index in [4.69, 9.17) is 9.47 Å². The van der Waals surface area contributed by atoms with Crippen molar-refractivity contribution in [3.63, 3.8) is 0 Å². The number of hydrogen-bond acceptors (Lipinski definition) is 4. The number of hydrogen-bond donors (Lipinski definition) is 0. The Morgan fingerprint density at radius 2 is 2.47 bits per heavy atom. The third-order valence-electron chi connectivity index (χ3n) is 4.15. The molecular formula is C14H20N2O3. The van der Waals surface area contributed by atoms with Crippen molar-refractivity contribution >= 4 is 5.78 Å². The normalized spacial score (nSPS) is 30.9. The molecule has 0 aromatic carbocycles. The van der Waals surface area contributed by atoms with E-state index in [1.165, 1.54) is 0 Å². The fraction of sp³-hybridized carbons (Fsp3) is 0.714. The van der Waals surface area contributed by atoms with E-state index in [1.54, 1.807) is 6.20 Å². The van der Waals surface area contributed by atoms with Gasteiger partial charge in [-0.15, -0.1) is 0 Å². The second kappa shape index (κ2) is 5.06. The maximum Gasteiger partial charge on any atom is 0.165 e. The van der Waals surface area contributed by atoms with Gasteiger partial charge in [0.25, 0.3) is 0 Å². The Hall–Kier alpha value is -1.20. The fourth-order valence-electron chi connectivity index (χ4n) is 2.98. The van der Waals surface area contributed by atoms with Gasteiger partial charge in [-0.2, -0.15) is 5.10 Å². The van der Waals surface area contributed by atoms with Crippen LogP contribution in [0.1, 0.15) is 49.0 Å². The van der Waals surface area contributed by atoms with Gasteiger partial charge in [-0.05, 0) is 6.42 Å². The molecule has 0 saturated carbocycles. The Morgan fingerprint density at radius 1 is 1.58 bits per heavy atom. The summed E-state index contributed by atoms with van der Waals surface area (Å²) < 4.78 is 13.3. The van der Waals surface area contributed by atoms with Crippen LogP contribution >= 0.6 is 0 Å². The molecule has 0 N–H and O–H groups in total. The van der Waals surface area contributed by atoms with Crippen LogP contribution in [0.25, 0.3) is 0 Å². The molecule has 19 heavy (non-hydrogen) atoms. The second-order valence-corrected chi connectivity index (χ2v) is 5.47. The topological polar surface area (TPSA) is 53.4 Å². The number of rotatable bonds is 3. The molecule has 1 aromatic heterocycles. The predicted molar refractivity (Wildman–Crippen MR) is 69.2 cm³/mol. The van der Waals surface area contributed by atoms with Gasteiger partial charge in [-0.25, -0.2) is 0 Å². The molecule has 2 saturated heterocycles. The van der Waals surface area contributed by atoms with Crippen LogP contribution in [-0.4, -0.2) is 41.0 Å². The van der Waals surface area contributed by atoms with Gasteiger partial charge in [0.2, 0.25) is 0 Å². The van der Waals surface area contributed by atoms with Gasteiger partial charge in [0, 0.05) is 38.7 Å². The van der Waals surface area contributed by atoms with Gasteiger partial charge in [0.1, 0.15) is 0 Å². The first kappa shape index (κ1) is 12.8. The van der Waals surface area contributed by atoms with E-state index >= 15 is 0 Å². The summed E-state index contributed by atoms with van der Waals surface area (Å²) in [6, 6.07) is 0.314. The van der Waals surface area contributed by atoms with Gasteiger partial charge < -0.3 is 9.47 Å². The summed E-state index contributed by atoms with van der Waals surface area (Å²) >= 11 is 0. The molecule has 2 unspecified atom stereocenters. The lowest BCUT2D eigenvalue weighted by molar-refractivity contribution is -0.0962. The zero-order valence-corrected chi connectivity index (χ0v) is 11.3. The van der Waals surface area contributed by atoms with Crippen molar-refractivity contribution in [3.05, 3.63) is 18.0 Å². The number of carbonyl (C=O) groups excluding carboxylic acids is 1. The number of Topliss-reactive ketones (excluding diaryl/α,β-unsaturated/α-hetero) is 1. The molecule has 0 radical (unpaired) electrons. The lowest BCUT2D eigenvalue weighted by atomic mass is 9.90. The average molecular weight is 264 g/mol. The minimum atomic E-state index is -0.121. The molecule has 2 fully saturated rings. The number of nitrogens with zero attached hydrogens (tertiary/aromatic N) is 2. The number of carbonyl (C=O) groups is 1. The molecule has 3 rings (SSSR count). The second-order valence-electron chi connectivity index (χ2n) is 5.47. The molecule has 0 bridgehead atoms. The molecule has 1 spiro atoms. The largest absolute Gasteiger partial charge is 0.378 e. The number of ketones is 1. The van der Waals surface area contributed by atoms with Crippen LogP contribution < -0.4 is 0 Å². The van der Waals surface area contributed by atoms with Gasteiger partial charge in [0.05, 0.1) is 30.0 Å². The molecule has 5 heteroatoms. The Kier molecular flexibility index (Phi) is 3.41. The van der Waals surface area contributed by atoms with E-state index in [0.717, 1.165) is 32.5 Å². The summed E-state index contributed by atoms with van der Waals surface area (Å²) in [6.45, 7) is 4.08. The lowest BCUT2D eigenvalue weighted by Gasteiger charge is -2.37. The summed E-state index contributed by atoms with van der Waals surface area (Å²) in [6.07, 6.45) is 6.92. The highest BCUT2D eigenvalue weighted by atomic mass is 16.6. The Bertz CT molecular complexity index is 463. The first-order valence-corrected chi connectivity index (χ1v) is 7.01. The number of aromatic nitrogens is 2. The van der Waals surface area contributed by atoms with Crippen LogP contribution in [0, 0.1) is 0 Å². The zero-order chi connectivity index (χ0) is 13.3. The quantitative estimate of drug-likeness (QED) is 0.783. The van der Waals surface area contributed by atoms with Crippen molar-refractivity contribution in [1.29, 1.82) is 0 Å². The van der Waals surface area contributed by atoms with Crippen molar-refractivity contribution in [2.75, 3.05) is 19.8 Å². The van der Waals surface area contributed by atoms with Crippen LogP contribution in [0.5, 0.6) is 0 Å². The third kappa shape index (κ3) is 2.44. The molecule has 2 aliphatic heterocycles. The molecular weight excluding hydrogens is 244 g/mol. The Labute approximate surface area is 112 Å². The van der Waals surface area contributed by atoms with E-state index in [9.17, 15) is 4.79 Å². The van der Waals surface area contributed by atoms with E-state index in [0.29, 0.717) is 24.6 Å². The Balaban J connectivity index is 1.74. The summed E-state index contributed by atoms with van der Waals surface area (Å²) in [5, 5.41) is 4.36. The lowest BCUT2D eigenvalue weighted by Crippen LogP contribution is -2.41. The minimum Gasteiger partial charge on any atom is -0.378 e. The van der Waals surface area contributed by atoms with E-state index in [2.05, 4.69) is 5.10 Å². The SMILES string of the molecule is CCC(=O)c1cnn(C2CCOC3(CCOC3)C2)c1. The molecule has 1 aromatic rings. The molecule has 2 atom stereocenters. The molecule has 2 aliphatic rings. The zero-order valence-electron chi connectivity index (χ0n) is 11.3. The Morgan fingerprint density at radius 3 is 3.21 bits per heavy atom. The van der Waals surface area contributed by atoms with Crippen molar-refractivity contribution in [1.82, 2.24) is 9.78 Å². The highest BCUT2D eigenvalue weighted by molar-refractivity contribution is 5.95. The van der Waals surface area contributed by atoms with Crippen LogP contribution in [0.2, 0.25) is 0 Å². The molecule has 0 aliphatic carbocycles. The van der Waals surface area contributed by atoms with Crippen LogP contribution in [0.3, 0.4) is 0 Å². The van der Waals surface area contributed by atoms with E-state index < -0.39 is 0 Å². The van der Waals surface area contributed by atoms with Crippen molar-refractivity contribution in [3.8, 4) is 0 Å². The monoisotopic (exact) mass is 264 g/mol. The van der Waals surface area contributed by atoms with Crippen LogP contribution in [0.4, 0.5) is 0 Å². The highest BCUT2D eigenvalue weighted by Crippen LogP contribution is 2.37. The molecule has 104 valence electrons. The van der Waals surface area contributed by atoms with Crippen molar-refractivity contribution < 1.29 is 14.3 Å². The van der Waals surface area contributed by atoms with Gasteiger partial charge >= 0.3 is 0 Å². The average Bonchev–Trinajstić information content (AvgIpc) is 3.08. The summed E-state index contributed by atoms with van der Waals surface area (Å²) in [4.78, 5) is 11.7. The first-order valence-electron chi connectivity index (χ1n) is 7.01. The van der Waals surface area contributed by atoms with Crippen LogP contribution in [-0.2, 0) is 9.47 Å². The highest BCUT2D eigenvalue weighted by Gasteiger charge is 2.41. The minimum absolute atomic E-state index is 0.121. The van der Waals surface area contributed by atoms with Gasteiger partial charge in [0.15, 0.2) is 5.78 Å². The van der Waals surface area contributed by atoms with E-state index in [-0.39, 0.29) is 11.4 Å². The smallest absolute Gasteiger partial charge is 0.165 e. The molecule has 0 amide bonds. The van der Waals surface area contributed by atoms with Gasteiger partial charge in [-0.1, -0.05) is 6.92 Å². The maximum atomic E-state index is 11.7. The maximum absolute atomic E-state index is 11.7. The van der Waals surface area contributed by atoms with Crippen LogP contribution in [0.15, 0.2) is 12.4 Å². The van der Waals surface area contributed by atoms with Crippen molar-refractivity contribution in [2.24, 2.45) is 0 Å². The summed E-state index contributed by atoms with van der Waals surface area (Å²) in [7, 11) is 0. The van der Waals surface area contributed by atoms with Crippen molar-refractivity contribution in [2.45, 2.75) is 44.2 Å². The van der Waals surface area contributed by atoms with E-state index in [1.807, 2.05) is 17.8 Å². The van der Waals surface area contributed by atoms with Gasteiger partial charge in [-0.3, -0.25) is 9.48 Å².